The van der Waals surface area contributed by atoms with E-state index in [2.05, 4.69) is 41.6 Å². The molecule has 0 bridgehead atoms. The normalized spacial score (nSPS) is 12.2. The molecule has 2 rings (SSSR count). The van der Waals surface area contributed by atoms with Crippen molar-refractivity contribution in [2.75, 3.05) is 7.11 Å². The lowest BCUT2D eigenvalue weighted by atomic mass is 9.96. The Bertz CT molecular complexity index is 557. The van der Waals surface area contributed by atoms with Crippen LogP contribution in [0.5, 0.6) is 5.75 Å². The minimum absolute atomic E-state index is 0.107. The van der Waals surface area contributed by atoms with Gasteiger partial charge in [0, 0.05) is 11.8 Å². The molecule has 0 radical (unpaired) electrons. The van der Waals surface area contributed by atoms with E-state index in [1.54, 1.807) is 19.5 Å². The van der Waals surface area contributed by atoms with E-state index in [0.717, 1.165) is 29.7 Å². The fourth-order valence-electron chi connectivity index (χ4n) is 2.38. The van der Waals surface area contributed by atoms with Gasteiger partial charge in [0.2, 0.25) is 0 Å². The number of nitrogens with two attached hydrogens (primary N) is 1. The third-order valence-corrected chi connectivity index (χ3v) is 3.34. The van der Waals surface area contributed by atoms with Crippen molar-refractivity contribution < 1.29 is 4.74 Å². The number of pyridine rings is 1. The second-order valence-electron chi connectivity index (χ2n) is 4.71. The number of aryl methyl sites for hydroxylation is 1. The Hall–Kier alpha value is -1.91. The average molecular weight is 271 g/mol. The summed E-state index contributed by atoms with van der Waals surface area (Å²) in [6.45, 7) is 2.18. The molecule has 0 fully saturated rings. The van der Waals surface area contributed by atoms with E-state index < -0.39 is 0 Å². The summed E-state index contributed by atoms with van der Waals surface area (Å²) in [5.74, 6) is 6.49. The maximum atomic E-state index is 5.76. The summed E-state index contributed by atoms with van der Waals surface area (Å²) in [5, 5.41) is 0. The molecule has 4 heteroatoms. The van der Waals surface area contributed by atoms with Gasteiger partial charge in [-0.05, 0) is 23.6 Å². The van der Waals surface area contributed by atoms with Crippen molar-refractivity contribution in [1.82, 2.24) is 10.4 Å². The highest BCUT2D eigenvalue weighted by Gasteiger charge is 2.17. The second-order valence-corrected chi connectivity index (χ2v) is 4.71. The number of nitrogens with zero attached hydrogens (tertiary/aromatic N) is 1. The van der Waals surface area contributed by atoms with Crippen LogP contribution < -0.4 is 16.0 Å². The van der Waals surface area contributed by atoms with Crippen LogP contribution in [0.2, 0.25) is 0 Å². The molecule has 3 N–H and O–H groups in total. The van der Waals surface area contributed by atoms with Crippen molar-refractivity contribution in [3.05, 3.63) is 59.4 Å². The van der Waals surface area contributed by atoms with Gasteiger partial charge < -0.3 is 4.74 Å². The van der Waals surface area contributed by atoms with Gasteiger partial charge in [0.05, 0.1) is 19.3 Å². The molecule has 106 valence electrons. The number of hydrogen-bond donors (Lipinski definition) is 2. The summed E-state index contributed by atoms with van der Waals surface area (Å²) in [7, 11) is 1.64. The second kappa shape index (κ2) is 7.03. The number of methoxy groups -OCH3 is 1. The first-order valence-corrected chi connectivity index (χ1v) is 6.83. The number of rotatable bonds is 6. The lowest BCUT2D eigenvalue weighted by Gasteiger charge is -2.19. The Morgan fingerprint density at radius 1 is 1.35 bits per heavy atom. The maximum Gasteiger partial charge on any atom is 0.142 e. The minimum atomic E-state index is -0.107. The summed E-state index contributed by atoms with van der Waals surface area (Å²) in [6.07, 6.45) is 5.65. The van der Waals surface area contributed by atoms with E-state index >= 15 is 0 Å². The van der Waals surface area contributed by atoms with Gasteiger partial charge in [0.1, 0.15) is 5.75 Å². The molecule has 1 aromatic heterocycles. The van der Waals surface area contributed by atoms with Gasteiger partial charge in [0.25, 0.3) is 0 Å². The maximum absolute atomic E-state index is 5.76. The quantitative estimate of drug-likeness (QED) is 0.626. The predicted octanol–water partition coefficient (Wildman–Crippen LogP) is 2.60. The van der Waals surface area contributed by atoms with E-state index in [1.165, 1.54) is 5.56 Å². The topological polar surface area (TPSA) is 60.2 Å². The molecule has 0 saturated carbocycles. The Balaban J connectivity index is 2.39. The Kier molecular flexibility index (Phi) is 5.09. The first-order chi connectivity index (χ1) is 9.80. The van der Waals surface area contributed by atoms with Gasteiger partial charge in [-0.2, -0.15) is 0 Å². The van der Waals surface area contributed by atoms with E-state index in [1.807, 2.05) is 6.07 Å². The first kappa shape index (κ1) is 14.5. The monoisotopic (exact) mass is 271 g/mol. The van der Waals surface area contributed by atoms with Crippen molar-refractivity contribution >= 4 is 0 Å². The third-order valence-electron chi connectivity index (χ3n) is 3.34. The van der Waals surface area contributed by atoms with E-state index in [4.69, 9.17) is 10.6 Å². The zero-order chi connectivity index (χ0) is 14.4. The highest BCUT2D eigenvalue weighted by molar-refractivity contribution is 5.40. The van der Waals surface area contributed by atoms with Crippen molar-refractivity contribution in [3.63, 3.8) is 0 Å². The summed E-state index contributed by atoms with van der Waals surface area (Å²) in [6, 6.07) is 10.3. The van der Waals surface area contributed by atoms with Gasteiger partial charge in [-0.25, -0.2) is 5.43 Å². The van der Waals surface area contributed by atoms with Crippen LogP contribution >= 0.6 is 0 Å². The molecule has 0 spiro atoms. The van der Waals surface area contributed by atoms with Gasteiger partial charge >= 0.3 is 0 Å². The molecule has 20 heavy (non-hydrogen) atoms. The Morgan fingerprint density at radius 2 is 2.20 bits per heavy atom. The van der Waals surface area contributed by atoms with Crippen molar-refractivity contribution in [1.29, 1.82) is 0 Å². The summed E-state index contributed by atoms with van der Waals surface area (Å²) >= 11 is 0. The molecule has 0 aliphatic carbocycles. The third kappa shape index (κ3) is 3.15. The van der Waals surface area contributed by atoms with Gasteiger partial charge in [-0.15, -0.1) is 0 Å². The number of benzene rings is 1. The molecular weight excluding hydrogens is 250 g/mol. The molecule has 1 unspecified atom stereocenters. The minimum Gasteiger partial charge on any atom is -0.495 e. The Morgan fingerprint density at radius 3 is 2.90 bits per heavy atom. The molecule has 0 aliphatic heterocycles. The lowest BCUT2D eigenvalue weighted by molar-refractivity contribution is 0.402. The molecule has 0 saturated heterocycles. The van der Waals surface area contributed by atoms with Crippen LogP contribution in [-0.4, -0.2) is 12.1 Å². The number of ether oxygens (including phenoxy) is 1. The molecule has 1 heterocycles. The molecule has 1 atom stereocenters. The van der Waals surface area contributed by atoms with Crippen LogP contribution in [0.25, 0.3) is 0 Å². The molecule has 0 aliphatic rings. The highest BCUT2D eigenvalue weighted by Crippen LogP contribution is 2.29. The largest absolute Gasteiger partial charge is 0.495 e. The molecule has 4 nitrogen and oxygen atoms in total. The average Bonchev–Trinajstić information content (AvgIpc) is 2.49. The van der Waals surface area contributed by atoms with Gasteiger partial charge in [-0.3, -0.25) is 10.8 Å². The lowest BCUT2D eigenvalue weighted by Crippen LogP contribution is -2.29. The zero-order valence-electron chi connectivity index (χ0n) is 12.0. The number of nitrogens with one attached hydrogen (secondary N) is 1. The fourth-order valence-corrected chi connectivity index (χ4v) is 2.38. The van der Waals surface area contributed by atoms with E-state index in [9.17, 15) is 0 Å². The van der Waals surface area contributed by atoms with Crippen molar-refractivity contribution in [3.8, 4) is 5.75 Å². The van der Waals surface area contributed by atoms with Crippen LogP contribution in [0.4, 0.5) is 0 Å². The fraction of sp³-hybridized carbons (Fsp3) is 0.312. The van der Waals surface area contributed by atoms with Crippen LogP contribution in [0.1, 0.15) is 36.1 Å². The van der Waals surface area contributed by atoms with Crippen molar-refractivity contribution in [2.24, 2.45) is 5.84 Å². The SMILES string of the molecule is CCCc1cccc(C(NN)c2ccncc2OC)c1. The van der Waals surface area contributed by atoms with Crippen LogP contribution in [-0.2, 0) is 6.42 Å². The van der Waals surface area contributed by atoms with Gasteiger partial charge in [-0.1, -0.05) is 37.6 Å². The molecule has 2 aromatic rings. The van der Waals surface area contributed by atoms with Crippen LogP contribution in [0.3, 0.4) is 0 Å². The molecule has 1 aromatic carbocycles. The summed E-state index contributed by atoms with van der Waals surface area (Å²) in [5.41, 5.74) is 6.30. The van der Waals surface area contributed by atoms with Crippen LogP contribution in [0, 0.1) is 0 Å². The molecular formula is C16H21N3O. The summed E-state index contributed by atoms with van der Waals surface area (Å²) in [4.78, 5) is 4.08. The Labute approximate surface area is 120 Å². The standard InChI is InChI=1S/C16H21N3O/c1-3-5-12-6-4-7-13(10-12)16(19-17)14-8-9-18-11-15(14)20-2/h4,6-11,16,19H,3,5,17H2,1-2H3. The zero-order valence-corrected chi connectivity index (χ0v) is 12.0. The number of hydrogen-bond acceptors (Lipinski definition) is 4. The number of aromatic nitrogens is 1. The smallest absolute Gasteiger partial charge is 0.142 e. The summed E-state index contributed by atoms with van der Waals surface area (Å²) < 4.78 is 5.37. The van der Waals surface area contributed by atoms with E-state index in [0.29, 0.717) is 0 Å². The van der Waals surface area contributed by atoms with Crippen LogP contribution in [0.15, 0.2) is 42.7 Å². The first-order valence-electron chi connectivity index (χ1n) is 6.83. The predicted molar refractivity (Wildman–Crippen MR) is 80.4 cm³/mol. The van der Waals surface area contributed by atoms with Gasteiger partial charge in [0.15, 0.2) is 0 Å². The van der Waals surface area contributed by atoms with E-state index in [-0.39, 0.29) is 6.04 Å². The number of hydrazine groups is 1. The van der Waals surface area contributed by atoms with Crippen molar-refractivity contribution in [2.45, 2.75) is 25.8 Å². The highest BCUT2D eigenvalue weighted by atomic mass is 16.5. The molecule has 0 amide bonds.